The third kappa shape index (κ3) is 5.65. The second-order valence-electron chi connectivity index (χ2n) is 6.42. The quantitative estimate of drug-likeness (QED) is 0.365. The monoisotopic (exact) mass is 550 g/mol. The van der Waals surface area contributed by atoms with Crippen LogP contribution in [0.3, 0.4) is 0 Å². The fraction of sp³-hybridized carbons (Fsp3) is 0.389. The van der Waals surface area contributed by atoms with E-state index in [2.05, 4.69) is 5.10 Å². The first-order chi connectivity index (χ1) is 15.7. The van der Waals surface area contributed by atoms with Crippen LogP contribution in [-0.2, 0) is 32.4 Å². The second kappa shape index (κ2) is 10.5. The van der Waals surface area contributed by atoms with Crippen molar-refractivity contribution in [1.29, 1.82) is 5.26 Å². The number of carbonyl (C=O) groups is 1. The molecule has 0 aliphatic rings. The van der Waals surface area contributed by atoms with Crippen molar-refractivity contribution in [2.24, 2.45) is 0 Å². The van der Waals surface area contributed by atoms with Crippen LogP contribution in [0.25, 0.3) is 5.69 Å². The number of likely N-dealkylation sites (N-methyl/N-ethyl adjacent to an activating group) is 1. The van der Waals surface area contributed by atoms with E-state index in [0.29, 0.717) is 15.6 Å². The Morgan fingerprint density at radius 2 is 1.91 bits per heavy atom. The molecule has 0 spiro atoms. The largest absolute Gasteiger partial charge is 0.476 e. The van der Waals surface area contributed by atoms with Crippen molar-refractivity contribution in [3.8, 4) is 11.8 Å². The van der Waals surface area contributed by atoms with Crippen molar-refractivity contribution in [3.63, 3.8) is 0 Å². The molecule has 0 bridgehead atoms. The zero-order chi connectivity index (χ0) is 26.0. The Hall–Kier alpha value is -2.34. The lowest BCUT2D eigenvalue weighted by Crippen LogP contribution is -2.33. The first kappa shape index (κ1) is 27.9. The Bertz CT molecular complexity index is 1160. The molecule has 34 heavy (non-hydrogen) atoms. The topological polar surface area (TPSA) is 88.2 Å². The molecule has 1 unspecified atom stereocenters. The Balaban J connectivity index is 2.92. The minimum atomic E-state index is -5.36. The molecule has 1 atom stereocenters. The predicted octanol–water partition coefficient (Wildman–Crippen LogP) is 4.78. The van der Waals surface area contributed by atoms with Crippen LogP contribution in [0.15, 0.2) is 17.0 Å². The van der Waals surface area contributed by atoms with E-state index in [4.69, 9.17) is 27.9 Å². The van der Waals surface area contributed by atoms with Crippen molar-refractivity contribution < 1.29 is 40.1 Å². The van der Waals surface area contributed by atoms with E-state index >= 15 is 0 Å². The summed E-state index contributed by atoms with van der Waals surface area (Å²) in [5, 5.41) is 12.4. The summed E-state index contributed by atoms with van der Waals surface area (Å²) in [6.07, 6.45) is -4.86. The molecule has 1 aromatic carbocycles. The summed E-state index contributed by atoms with van der Waals surface area (Å²) < 4.78 is 97.8. The Kier molecular flexibility index (Phi) is 8.62. The Morgan fingerprint density at radius 1 is 1.29 bits per heavy atom. The smallest absolute Gasteiger partial charge is 0.372 e. The minimum absolute atomic E-state index is 0.0768. The number of aromatic nitrogens is 2. The number of hydrogen-bond acceptors (Lipinski definition) is 5. The predicted molar refractivity (Wildman–Crippen MR) is 110 cm³/mol. The van der Waals surface area contributed by atoms with E-state index < -0.39 is 79.1 Å². The second-order valence-corrected chi connectivity index (χ2v) is 8.50. The van der Waals surface area contributed by atoms with Gasteiger partial charge in [0.1, 0.15) is 17.6 Å². The van der Waals surface area contributed by atoms with E-state index in [9.17, 15) is 40.6 Å². The van der Waals surface area contributed by atoms with Gasteiger partial charge in [0.05, 0.1) is 16.3 Å². The van der Waals surface area contributed by atoms with Gasteiger partial charge in [0.15, 0.2) is 22.3 Å². The molecule has 16 heteroatoms. The number of anilines is 1. The Morgan fingerprint density at radius 3 is 2.38 bits per heavy atom. The van der Waals surface area contributed by atoms with Crippen molar-refractivity contribution in [2.75, 3.05) is 25.2 Å². The molecule has 2 rings (SSSR count). The molecule has 186 valence electrons. The number of hydrogen-bond donors (Lipinski definition) is 0. The lowest BCUT2D eigenvalue weighted by Gasteiger charge is -2.22. The van der Waals surface area contributed by atoms with Crippen molar-refractivity contribution in [1.82, 2.24) is 9.78 Å². The highest BCUT2D eigenvalue weighted by Crippen LogP contribution is 2.40. The number of nitriles is 1. The van der Waals surface area contributed by atoms with Gasteiger partial charge in [0, 0.05) is 19.5 Å². The van der Waals surface area contributed by atoms with Crippen molar-refractivity contribution in [3.05, 3.63) is 34.0 Å². The fourth-order valence-corrected chi connectivity index (χ4v) is 4.11. The van der Waals surface area contributed by atoms with Gasteiger partial charge >= 0.3 is 11.7 Å². The molecule has 0 aliphatic carbocycles. The summed E-state index contributed by atoms with van der Waals surface area (Å²) in [5.41, 5.74) is -8.48. The standard InChI is InChI=1S/C18H14Cl2F6N4O3S/c1-3-33-8-14(31)29(2)16-15(34(32)18(24,25)26)12(7-27)28-30(16)13-4-9(6-19)10(5-11(13)20)17(21,22)23/h4-5H,3,6,8H2,1-2H3. The molecular formula is C18H14Cl2F6N4O3S. The van der Waals surface area contributed by atoms with Gasteiger partial charge in [-0.2, -0.15) is 36.7 Å². The van der Waals surface area contributed by atoms with Crippen LogP contribution in [0.1, 0.15) is 23.7 Å². The summed E-state index contributed by atoms with van der Waals surface area (Å²) in [6, 6.07) is 2.64. The highest BCUT2D eigenvalue weighted by molar-refractivity contribution is 7.86. The van der Waals surface area contributed by atoms with E-state index in [-0.39, 0.29) is 6.61 Å². The average molecular weight is 551 g/mol. The zero-order valence-electron chi connectivity index (χ0n) is 17.2. The van der Waals surface area contributed by atoms with Gasteiger partial charge in [-0.1, -0.05) is 11.6 Å². The highest BCUT2D eigenvalue weighted by atomic mass is 35.5. The normalized spacial score (nSPS) is 13.0. The zero-order valence-corrected chi connectivity index (χ0v) is 19.5. The summed E-state index contributed by atoms with van der Waals surface area (Å²) in [5.74, 6) is -2.38. The minimum Gasteiger partial charge on any atom is -0.372 e. The maximum atomic E-state index is 13.3. The van der Waals surface area contributed by atoms with Gasteiger partial charge in [0.2, 0.25) is 0 Å². The van der Waals surface area contributed by atoms with Gasteiger partial charge in [-0.25, -0.2) is 8.89 Å². The molecule has 0 aliphatic heterocycles. The molecule has 0 fully saturated rings. The van der Waals surface area contributed by atoms with E-state index in [1.165, 1.54) is 6.07 Å². The molecular weight excluding hydrogens is 537 g/mol. The van der Waals surface area contributed by atoms with Crippen LogP contribution in [0.4, 0.5) is 32.2 Å². The summed E-state index contributed by atoms with van der Waals surface area (Å²) in [4.78, 5) is 11.9. The number of rotatable bonds is 7. The van der Waals surface area contributed by atoms with Gasteiger partial charge in [-0.3, -0.25) is 9.69 Å². The van der Waals surface area contributed by atoms with E-state index in [0.717, 1.165) is 13.1 Å². The lowest BCUT2D eigenvalue weighted by molar-refractivity contribution is -0.138. The third-order valence-corrected chi connectivity index (χ3v) is 6.05. The summed E-state index contributed by atoms with van der Waals surface area (Å²) in [6.45, 7) is 1.02. The lowest BCUT2D eigenvalue weighted by atomic mass is 10.1. The van der Waals surface area contributed by atoms with Gasteiger partial charge < -0.3 is 4.74 Å². The number of benzene rings is 1. The number of alkyl halides is 7. The van der Waals surface area contributed by atoms with Crippen LogP contribution >= 0.6 is 23.2 Å². The van der Waals surface area contributed by atoms with Crippen molar-refractivity contribution >= 4 is 45.7 Å². The molecule has 0 saturated heterocycles. The van der Waals surface area contributed by atoms with Gasteiger partial charge in [-0.05, 0) is 24.6 Å². The third-order valence-electron chi connectivity index (χ3n) is 4.29. The molecule has 0 saturated carbocycles. The molecule has 1 aromatic heterocycles. The number of nitrogens with zero attached hydrogens (tertiary/aromatic N) is 4. The van der Waals surface area contributed by atoms with Crippen LogP contribution in [-0.4, -0.2) is 45.7 Å². The average Bonchev–Trinajstić information content (AvgIpc) is 3.13. The van der Waals surface area contributed by atoms with Crippen LogP contribution < -0.4 is 4.90 Å². The molecule has 1 heterocycles. The highest BCUT2D eigenvalue weighted by Gasteiger charge is 2.44. The summed E-state index contributed by atoms with van der Waals surface area (Å²) >= 11 is 11.6. The molecule has 1 amide bonds. The number of halogens is 8. The number of carbonyl (C=O) groups excluding carboxylic acids is 1. The maximum absolute atomic E-state index is 13.3. The first-order valence-corrected chi connectivity index (χ1v) is 11.1. The van der Waals surface area contributed by atoms with Crippen LogP contribution in [0.2, 0.25) is 5.02 Å². The molecule has 2 aromatic rings. The van der Waals surface area contributed by atoms with Crippen LogP contribution in [0.5, 0.6) is 0 Å². The molecule has 7 nitrogen and oxygen atoms in total. The fourth-order valence-electron chi connectivity index (χ4n) is 2.76. The van der Waals surface area contributed by atoms with Crippen molar-refractivity contribution in [2.45, 2.75) is 29.4 Å². The first-order valence-electron chi connectivity index (χ1n) is 9.00. The maximum Gasteiger partial charge on any atom is 0.476 e. The SMILES string of the molecule is CCOCC(=O)N(C)c1c(S(=O)C(F)(F)F)c(C#N)nn1-c1cc(CCl)c(C(F)(F)F)cc1Cl. The van der Waals surface area contributed by atoms with Crippen LogP contribution in [0, 0.1) is 11.3 Å². The molecule has 0 radical (unpaired) electrons. The van der Waals surface area contributed by atoms with Gasteiger partial charge in [-0.15, -0.1) is 11.6 Å². The number of ether oxygens (including phenoxy) is 1. The number of amides is 1. The van der Waals surface area contributed by atoms with E-state index in [1.54, 1.807) is 6.92 Å². The van der Waals surface area contributed by atoms with Gasteiger partial charge in [0.25, 0.3) is 5.91 Å². The van der Waals surface area contributed by atoms with E-state index in [1.807, 2.05) is 0 Å². The Labute approximate surface area is 201 Å². The molecule has 0 N–H and O–H groups in total. The summed E-state index contributed by atoms with van der Waals surface area (Å²) in [7, 11) is -2.85.